The standard InChI is InChI=1S/C13H18BrNO2S/c1-9(11-7-10(14)8-18-11)15-6-4-3-5-13(15,2)12(16)17/h7-9H,3-6H2,1-2H3,(H,16,17). The highest BCUT2D eigenvalue weighted by Gasteiger charge is 2.43. The molecule has 2 atom stereocenters. The molecule has 0 spiro atoms. The quantitative estimate of drug-likeness (QED) is 0.913. The second-order valence-electron chi connectivity index (χ2n) is 5.07. The number of nitrogens with zero attached hydrogens (tertiary/aromatic N) is 1. The summed E-state index contributed by atoms with van der Waals surface area (Å²) in [5.41, 5.74) is -0.728. The van der Waals surface area contributed by atoms with Gasteiger partial charge in [0, 0.05) is 20.8 Å². The van der Waals surface area contributed by atoms with Gasteiger partial charge >= 0.3 is 5.97 Å². The monoisotopic (exact) mass is 331 g/mol. The maximum Gasteiger partial charge on any atom is 0.323 e. The molecular weight excluding hydrogens is 314 g/mol. The minimum Gasteiger partial charge on any atom is -0.480 e. The van der Waals surface area contributed by atoms with E-state index in [0.717, 1.165) is 30.3 Å². The smallest absolute Gasteiger partial charge is 0.323 e. The fourth-order valence-corrected chi connectivity index (χ4v) is 4.21. The number of rotatable bonds is 3. The van der Waals surface area contributed by atoms with Crippen LogP contribution in [0.4, 0.5) is 0 Å². The first-order chi connectivity index (χ1) is 8.45. The van der Waals surface area contributed by atoms with E-state index >= 15 is 0 Å². The Morgan fingerprint density at radius 1 is 1.61 bits per heavy atom. The molecule has 1 aliphatic rings. The van der Waals surface area contributed by atoms with Gasteiger partial charge in [-0.25, -0.2) is 0 Å². The van der Waals surface area contributed by atoms with Crippen LogP contribution in [0, 0.1) is 0 Å². The van der Waals surface area contributed by atoms with E-state index in [2.05, 4.69) is 33.8 Å². The van der Waals surface area contributed by atoms with Crippen LogP contribution in [0.2, 0.25) is 0 Å². The molecule has 3 nitrogen and oxygen atoms in total. The van der Waals surface area contributed by atoms with Crippen LogP contribution in [0.5, 0.6) is 0 Å². The molecule has 5 heteroatoms. The number of aliphatic carboxylic acids is 1. The van der Waals surface area contributed by atoms with Gasteiger partial charge < -0.3 is 5.11 Å². The van der Waals surface area contributed by atoms with Crippen molar-refractivity contribution in [1.82, 2.24) is 4.90 Å². The van der Waals surface area contributed by atoms with Crippen molar-refractivity contribution in [1.29, 1.82) is 0 Å². The fourth-order valence-electron chi connectivity index (χ4n) is 2.69. The van der Waals surface area contributed by atoms with Gasteiger partial charge in [-0.05, 0) is 61.7 Å². The van der Waals surface area contributed by atoms with Crippen molar-refractivity contribution in [3.05, 3.63) is 20.8 Å². The number of hydrogen-bond acceptors (Lipinski definition) is 3. The van der Waals surface area contributed by atoms with Crippen LogP contribution >= 0.6 is 27.3 Å². The van der Waals surface area contributed by atoms with Gasteiger partial charge in [-0.15, -0.1) is 11.3 Å². The second kappa shape index (κ2) is 5.31. The Kier molecular flexibility index (Phi) is 4.14. The lowest BCUT2D eigenvalue weighted by atomic mass is 9.87. The molecule has 100 valence electrons. The second-order valence-corrected chi connectivity index (χ2v) is 6.93. The fraction of sp³-hybridized carbons (Fsp3) is 0.615. The van der Waals surface area contributed by atoms with Gasteiger partial charge in [0.15, 0.2) is 0 Å². The number of carbonyl (C=O) groups is 1. The van der Waals surface area contributed by atoms with E-state index in [4.69, 9.17) is 0 Å². The Morgan fingerprint density at radius 3 is 2.89 bits per heavy atom. The van der Waals surface area contributed by atoms with E-state index in [-0.39, 0.29) is 6.04 Å². The number of thiophene rings is 1. The summed E-state index contributed by atoms with van der Waals surface area (Å²) < 4.78 is 1.07. The number of carboxylic acids is 1. The third-order valence-corrected chi connectivity index (χ3v) is 5.74. The summed E-state index contributed by atoms with van der Waals surface area (Å²) >= 11 is 5.14. The SMILES string of the molecule is CC(c1cc(Br)cs1)N1CCCCC1(C)C(=O)O. The zero-order valence-corrected chi connectivity index (χ0v) is 13.1. The lowest BCUT2D eigenvalue weighted by Crippen LogP contribution is -2.55. The van der Waals surface area contributed by atoms with Gasteiger partial charge in [-0.2, -0.15) is 0 Å². The Balaban J connectivity index is 2.26. The summed E-state index contributed by atoms with van der Waals surface area (Å²) in [5.74, 6) is -0.704. The molecule has 0 bridgehead atoms. The van der Waals surface area contributed by atoms with Crippen molar-refractivity contribution >= 4 is 33.2 Å². The minimum atomic E-state index is -0.728. The van der Waals surface area contributed by atoms with E-state index in [1.807, 2.05) is 12.3 Å². The van der Waals surface area contributed by atoms with Crippen molar-refractivity contribution in [3.63, 3.8) is 0 Å². The third-order valence-electron chi connectivity index (χ3n) is 3.87. The molecule has 1 fully saturated rings. The maximum absolute atomic E-state index is 11.6. The zero-order valence-electron chi connectivity index (χ0n) is 10.6. The van der Waals surface area contributed by atoms with Gasteiger partial charge in [0.05, 0.1) is 0 Å². The van der Waals surface area contributed by atoms with Crippen molar-refractivity contribution in [2.45, 2.75) is 44.7 Å². The predicted octanol–water partition coefficient (Wildman–Crippen LogP) is 3.90. The molecule has 2 rings (SSSR count). The Bertz CT molecular complexity index is 448. The van der Waals surface area contributed by atoms with Gasteiger partial charge in [0.1, 0.15) is 5.54 Å². The summed E-state index contributed by atoms with van der Waals surface area (Å²) in [6, 6.07) is 2.24. The number of piperidine rings is 1. The van der Waals surface area contributed by atoms with E-state index in [9.17, 15) is 9.90 Å². The maximum atomic E-state index is 11.6. The molecule has 2 heterocycles. The van der Waals surface area contributed by atoms with E-state index in [1.54, 1.807) is 11.3 Å². The highest BCUT2D eigenvalue weighted by atomic mass is 79.9. The topological polar surface area (TPSA) is 40.5 Å². The van der Waals surface area contributed by atoms with Gasteiger partial charge in [-0.3, -0.25) is 9.69 Å². The molecule has 1 saturated heterocycles. The molecule has 1 aromatic heterocycles. The van der Waals surface area contributed by atoms with E-state index < -0.39 is 11.5 Å². The Hall–Kier alpha value is -0.390. The molecule has 2 unspecified atom stereocenters. The van der Waals surface area contributed by atoms with Crippen LogP contribution in [0.25, 0.3) is 0 Å². The van der Waals surface area contributed by atoms with Gasteiger partial charge in [-0.1, -0.05) is 0 Å². The number of carboxylic acid groups (broad SMARTS) is 1. The molecule has 1 N–H and O–H groups in total. The largest absolute Gasteiger partial charge is 0.480 e. The van der Waals surface area contributed by atoms with Crippen LogP contribution in [0.15, 0.2) is 15.9 Å². The summed E-state index contributed by atoms with van der Waals surface area (Å²) in [4.78, 5) is 14.9. The average molecular weight is 332 g/mol. The number of hydrogen-bond donors (Lipinski definition) is 1. The van der Waals surface area contributed by atoms with Crippen LogP contribution in [-0.4, -0.2) is 28.1 Å². The van der Waals surface area contributed by atoms with Crippen molar-refractivity contribution in [2.24, 2.45) is 0 Å². The highest BCUT2D eigenvalue weighted by Crippen LogP contribution is 2.38. The van der Waals surface area contributed by atoms with Gasteiger partial charge in [0.2, 0.25) is 0 Å². The van der Waals surface area contributed by atoms with Crippen LogP contribution in [-0.2, 0) is 4.79 Å². The Labute approximate surface area is 120 Å². The Morgan fingerprint density at radius 2 is 2.33 bits per heavy atom. The highest BCUT2D eigenvalue weighted by molar-refractivity contribution is 9.10. The lowest BCUT2D eigenvalue weighted by Gasteiger charge is -2.44. The average Bonchev–Trinajstić information content (AvgIpc) is 2.75. The van der Waals surface area contributed by atoms with E-state index in [0.29, 0.717) is 0 Å². The summed E-state index contributed by atoms with van der Waals surface area (Å²) in [7, 11) is 0. The predicted molar refractivity (Wildman–Crippen MR) is 77.0 cm³/mol. The number of likely N-dealkylation sites (tertiary alicyclic amines) is 1. The van der Waals surface area contributed by atoms with Crippen molar-refractivity contribution in [3.8, 4) is 0 Å². The summed E-state index contributed by atoms with van der Waals surface area (Å²) in [6.07, 6.45) is 2.82. The lowest BCUT2D eigenvalue weighted by molar-refractivity contribution is -0.154. The third kappa shape index (κ3) is 2.49. The number of halogens is 1. The summed E-state index contributed by atoms with van der Waals surface area (Å²) in [6.45, 7) is 4.82. The molecular formula is C13H18BrNO2S. The normalized spacial score (nSPS) is 27.1. The zero-order chi connectivity index (χ0) is 13.3. The van der Waals surface area contributed by atoms with Gasteiger partial charge in [0.25, 0.3) is 0 Å². The molecule has 0 saturated carbocycles. The summed E-state index contributed by atoms with van der Waals surface area (Å²) in [5, 5.41) is 11.6. The molecule has 0 aliphatic carbocycles. The van der Waals surface area contributed by atoms with Crippen molar-refractivity contribution < 1.29 is 9.90 Å². The molecule has 18 heavy (non-hydrogen) atoms. The first-order valence-electron chi connectivity index (χ1n) is 6.19. The van der Waals surface area contributed by atoms with Crippen LogP contribution in [0.3, 0.4) is 0 Å². The molecule has 0 aromatic carbocycles. The van der Waals surface area contributed by atoms with Crippen LogP contribution in [0.1, 0.15) is 44.0 Å². The van der Waals surface area contributed by atoms with E-state index in [1.165, 1.54) is 4.88 Å². The molecule has 0 amide bonds. The molecule has 1 aliphatic heterocycles. The first kappa shape index (κ1) is 14.0. The van der Waals surface area contributed by atoms with Crippen molar-refractivity contribution in [2.75, 3.05) is 6.54 Å². The molecule has 1 aromatic rings. The first-order valence-corrected chi connectivity index (χ1v) is 7.86. The molecule has 0 radical (unpaired) electrons. The minimum absolute atomic E-state index is 0.155. The van der Waals surface area contributed by atoms with Crippen LogP contribution < -0.4 is 0 Å².